The number of carbonyl (C=O) groups excluding carboxylic acids is 2. The topological polar surface area (TPSA) is 67.4 Å². The number of ether oxygens (including phenoxy) is 1. The monoisotopic (exact) mass is 332 g/mol. The van der Waals surface area contributed by atoms with Crippen molar-refractivity contribution in [1.29, 1.82) is 0 Å². The van der Waals surface area contributed by atoms with Crippen molar-refractivity contribution >= 4 is 29.1 Å². The zero-order valence-electron chi connectivity index (χ0n) is 12.8. The summed E-state index contributed by atoms with van der Waals surface area (Å²) in [7, 11) is 1.56. The van der Waals surface area contributed by atoms with Gasteiger partial charge in [0.25, 0.3) is 11.8 Å². The number of amides is 2. The summed E-state index contributed by atoms with van der Waals surface area (Å²) in [5.74, 6) is 0.0991. The van der Waals surface area contributed by atoms with Gasteiger partial charge in [-0.15, -0.1) is 0 Å². The molecule has 6 heteroatoms. The number of nitrogens with one attached hydrogen (secondary N) is 2. The van der Waals surface area contributed by atoms with Crippen molar-refractivity contribution in [2.24, 2.45) is 0 Å². The van der Waals surface area contributed by atoms with Crippen molar-refractivity contribution < 1.29 is 14.3 Å². The van der Waals surface area contributed by atoms with Crippen molar-refractivity contribution in [3.63, 3.8) is 0 Å². The Hall–Kier alpha value is -2.53. The van der Waals surface area contributed by atoms with Crippen LogP contribution in [0.3, 0.4) is 0 Å². The number of hydrogen-bond acceptors (Lipinski definition) is 3. The summed E-state index contributed by atoms with van der Waals surface area (Å²) in [6.07, 6.45) is -0.671. The molecule has 0 fully saturated rings. The molecule has 23 heavy (non-hydrogen) atoms. The Morgan fingerprint density at radius 3 is 2.22 bits per heavy atom. The molecule has 1 unspecified atom stereocenters. The van der Waals surface area contributed by atoms with Gasteiger partial charge in [-0.2, -0.15) is 0 Å². The van der Waals surface area contributed by atoms with E-state index >= 15 is 0 Å². The predicted molar refractivity (Wildman–Crippen MR) is 90.0 cm³/mol. The Morgan fingerprint density at radius 2 is 1.65 bits per heavy atom. The molecule has 2 aromatic carbocycles. The normalized spacial score (nSPS) is 11.4. The van der Waals surface area contributed by atoms with E-state index in [1.165, 1.54) is 0 Å². The Bertz CT molecular complexity index is 684. The summed E-state index contributed by atoms with van der Waals surface area (Å²) in [5.41, 5.74) is 1.12. The summed E-state index contributed by atoms with van der Waals surface area (Å²) in [6.45, 7) is 1.66. The van der Waals surface area contributed by atoms with Gasteiger partial charge in [0.05, 0.1) is 0 Å². The molecule has 2 amide bonds. The molecule has 5 nitrogen and oxygen atoms in total. The minimum absolute atomic E-state index is 0.178. The molecule has 0 heterocycles. The highest BCUT2D eigenvalue weighted by Gasteiger charge is 2.15. The Morgan fingerprint density at radius 1 is 1.04 bits per heavy atom. The molecule has 1 atom stereocenters. The average molecular weight is 333 g/mol. The van der Waals surface area contributed by atoms with E-state index in [1.807, 2.05) is 0 Å². The Balaban J connectivity index is 1.95. The molecule has 0 aliphatic rings. The molecule has 0 aliphatic carbocycles. The van der Waals surface area contributed by atoms with Crippen molar-refractivity contribution in [2.75, 3.05) is 12.4 Å². The molecule has 2 aromatic rings. The lowest BCUT2D eigenvalue weighted by Crippen LogP contribution is -2.30. The maximum atomic E-state index is 12.1. The molecule has 2 rings (SSSR count). The molecule has 120 valence electrons. The van der Waals surface area contributed by atoms with Gasteiger partial charge >= 0.3 is 0 Å². The molecule has 0 bridgehead atoms. The number of carbonyl (C=O) groups is 2. The number of halogens is 1. The van der Waals surface area contributed by atoms with Crippen molar-refractivity contribution in [2.45, 2.75) is 13.0 Å². The first kappa shape index (κ1) is 16.8. The third-order valence-corrected chi connectivity index (χ3v) is 3.39. The van der Waals surface area contributed by atoms with Crippen molar-refractivity contribution in [1.82, 2.24) is 5.32 Å². The minimum Gasteiger partial charge on any atom is -0.481 e. The van der Waals surface area contributed by atoms with E-state index in [4.69, 9.17) is 16.3 Å². The maximum Gasteiger partial charge on any atom is 0.265 e. The van der Waals surface area contributed by atoms with Crippen LogP contribution >= 0.6 is 11.6 Å². The zero-order chi connectivity index (χ0) is 16.8. The van der Waals surface area contributed by atoms with Gasteiger partial charge in [-0.25, -0.2) is 0 Å². The predicted octanol–water partition coefficient (Wildman–Crippen LogP) is 3.11. The number of benzene rings is 2. The molecule has 0 aliphatic heterocycles. The molecule has 0 saturated carbocycles. The Labute approximate surface area is 139 Å². The quantitative estimate of drug-likeness (QED) is 0.884. The SMILES string of the molecule is CNC(=O)c1ccc(NC(=O)C(C)Oc2ccc(Cl)cc2)cc1. The number of rotatable bonds is 5. The summed E-state index contributed by atoms with van der Waals surface area (Å²) >= 11 is 5.80. The van der Waals surface area contributed by atoms with Gasteiger partial charge in [-0.1, -0.05) is 11.6 Å². The van der Waals surface area contributed by atoms with E-state index in [0.29, 0.717) is 22.0 Å². The summed E-state index contributed by atoms with van der Waals surface area (Å²) in [6, 6.07) is 13.4. The van der Waals surface area contributed by atoms with Gasteiger partial charge in [-0.3, -0.25) is 9.59 Å². The average Bonchev–Trinajstić information content (AvgIpc) is 2.56. The number of anilines is 1. The zero-order valence-corrected chi connectivity index (χ0v) is 13.6. The molecule has 0 aromatic heterocycles. The molecule has 2 N–H and O–H groups in total. The van der Waals surface area contributed by atoms with Crippen LogP contribution in [0.4, 0.5) is 5.69 Å². The molecule has 0 saturated heterocycles. The van der Waals surface area contributed by atoms with Gasteiger partial charge < -0.3 is 15.4 Å². The lowest BCUT2D eigenvalue weighted by Gasteiger charge is -2.15. The third kappa shape index (κ3) is 4.72. The second kappa shape index (κ2) is 7.65. The third-order valence-electron chi connectivity index (χ3n) is 3.14. The van der Waals surface area contributed by atoms with E-state index in [0.717, 1.165) is 0 Å². The second-order valence-electron chi connectivity index (χ2n) is 4.86. The van der Waals surface area contributed by atoms with Gasteiger partial charge in [0.15, 0.2) is 6.10 Å². The first-order valence-corrected chi connectivity index (χ1v) is 7.42. The van der Waals surface area contributed by atoms with Gasteiger partial charge in [0.2, 0.25) is 0 Å². The van der Waals surface area contributed by atoms with E-state index in [1.54, 1.807) is 62.5 Å². The number of hydrogen-bond donors (Lipinski definition) is 2. The maximum absolute atomic E-state index is 12.1. The lowest BCUT2D eigenvalue weighted by molar-refractivity contribution is -0.122. The van der Waals surface area contributed by atoms with E-state index in [2.05, 4.69) is 10.6 Å². The fraction of sp³-hybridized carbons (Fsp3) is 0.176. The van der Waals surface area contributed by atoms with Gasteiger partial charge in [0, 0.05) is 23.3 Å². The van der Waals surface area contributed by atoms with Crippen LogP contribution in [0.25, 0.3) is 0 Å². The molecule has 0 spiro atoms. The minimum atomic E-state index is -0.671. The van der Waals surface area contributed by atoms with Crippen LogP contribution < -0.4 is 15.4 Å². The molecular weight excluding hydrogens is 316 g/mol. The highest BCUT2D eigenvalue weighted by molar-refractivity contribution is 6.30. The van der Waals surface area contributed by atoms with Crippen LogP contribution in [0.2, 0.25) is 5.02 Å². The summed E-state index contributed by atoms with van der Waals surface area (Å²) < 4.78 is 5.55. The van der Waals surface area contributed by atoms with Gasteiger partial charge in [-0.05, 0) is 55.5 Å². The van der Waals surface area contributed by atoms with Gasteiger partial charge in [0.1, 0.15) is 5.75 Å². The van der Waals surface area contributed by atoms with Crippen LogP contribution in [0.5, 0.6) is 5.75 Å². The van der Waals surface area contributed by atoms with E-state index < -0.39 is 6.10 Å². The summed E-state index contributed by atoms with van der Waals surface area (Å²) in [5, 5.41) is 5.87. The van der Waals surface area contributed by atoms with Crippen LogP contribution in [0, 0.1) is 0 Å². The van der Waals surface area contributed by atoms with Crippen LogP contribution in [0.1, 0.15) is 17.3 Å². The molecule has 0 radical (unpaired) electrons. The van der Waals surface area contributed by atoms with Crippen LogP contribution in [-0.2, 0) is 4.79 Å². The van der Waals surface area contributed by atoms with Crippen LogP contribution in [0.15, 0.2) is 48.5 Å². The summed E-state index contributed by atoms with van der Waals surface area (Å²) in [4.78, 5) is 23.6. The largest absolute Gasteiger partial charge is 0.481 e. The van der Waals surface area contributed by atoms with Crippen molar-refractivity contribution in [3.8, 4) is 5.75 Å². The fourth-order valence-corrected chi connectivity index (χ4v) is 1.99. The standard InChI is InChI=1S/C17H17ClN2O3/c1-11(23-15-9-5-13(18)6-10-15)16(21)20-14-7-3-12(4-8-14)17(22)19-2/h3-11H,1-2H3,(H,19,22)(H,20,21). The highest BCUT2D eigenvalue weighted by atomic mass is 35.5. The smallest absolute Gasteiger partial charge is 0.265 e. The second-order valence-corrected chi connectivity index (χ2v) is 5.30. The molecular formula is C17H17ClN2O3. The first-order valence-electron chi connectivity index (χ1n) is 7.05. The lowest BCUT2D eigenvalue weighted by atomic mass is 10.2. The van der Waals surface area contributed by atoms with Crippen LogP contribution in [-0.4, -0.2) is 25.0 Å². The Kier molecular flexibility index (Phi) is 5.60. The fourth-order valence-electron chi connectivity index (χ4n) is 1.86. The van der Waals surface area contributed by atoms with Crippen molar-refractivity contribution in [3.05, 3.63) is 59.1 Å². The first-order chi connectivity index (χ1) is 11.0. The van der Waals surface area contributed by atoms with E-state index in [-0.39, 0.29) is 11.8 Å². The van der Waals surface area contributed by atoms with E-state index in [9.17, 15) is 9.59 Å². The highest BCUT2D eigenvalue weighted by Crippen LogP contribution is 2.17.